The Bertz CT molecular complexity index is 4770. The summed E-state index contributed by atoms with van der Waals surface area (Å²) in [7, 11) is 0. The molecule has 3 aliphatic carbocycles. The summed E-state index contributed by atoms with van der Waals surface area (Å²) in [6.07, 6.45) is 0. The number of para-hydroxylation sites is 2. The van der Waals surface area contributed by atoms with E-state index in [4.69, 9.17) is 38.7 Å². The monoisotopic (exact) mass is 1050 g/mol. The summed E-state index contributed by atoms with van der Waals surface area (Å²) in [6.45, 7) is 0. The van der Waals surface area contributed by atoms with Crippen LogP contribution in [0, 0.1) is 0 Å². The lowest BCUT2D eigenvalue weighted by Crippen LogP contribution is -2.27. The Kier molecular flexibility index (Phi) is 10.3. The average molecular weight is 1050 g/mol. The zero-order chi connectivity index (χ0) is 53.8. The fraction of sp³-hybridized carbons (Fsp3) is 0.0270. The summed E-state index contributed by atoms with van der Waals surface area (Å²) in [5, 5.41) is 4.36. The number of hydrogen-bond donors (Lipinski definition) is 0. The predicted octanol–water partition coefficient (Wildman–Crippen LogP) is 18.2. The van der Waals surface area contributed by atoms with E-state index >= 15 is 0 Å². The van der Waals surface area contributed by atoms with Crippen LogP contribution < -0.4 is 0 Å². The smallest absolute Gasteiger partial charge is 0.164 e. The first-order valence-corrected chi connectivity index (χ1v) is 27.6. The highest BCUT2D eigenvalue weighted by Crippen LogP contribution is 2.57. The molecule has 18 rings (SSSR count). The fourth-order valence-corrected chi connectivity index (χ4v) is 12.7. The Labute approximate surface area is 470 Å². The number of benzene rings is 11. The second-order valence-corrected chi connectivity index (χ2v) is 21.3. The van der Waals surface area contributed by atoms with Crippen LogP contribution in [0.5, 0.6) is 0 Å². The van der Waals surface area contributed by atoms with Crippen molar-refractivity contribution in [1.82, 2.24) is 29.9 Å². The van der Waals surface area contributed by atoms with E-state index in [1.165, 1.54) is 33.4 Å². The highest BCUT2D eigenvalue weighted by atomic mass is 16.3. The van der Waals surface area contributed by atoms with Crippen molar-refractivity contribution in [2.75, 3.05) is 0 Å². The third-order valence-electron chi connectivity index (χ3n) is 16.5. The SMILES string of the molecule is c1ccc(-c2nc(-c3cccc(-c4ccc5oc6ccccc6c5c4)c3)nc(-c3ccc4c(c3)C3c5ccccc5C4c4cc(-c5nc(-c6ccccc6)nc(-c6cccc(-c7ccc8oc9ccccc9c8c7)c6)n5)ccc43)n2)cc1. The van der Waals surface area contributed by atoms with Crippen LogP contribution in [0.2, 0.25) is 0 Å². The molecule has 82 heavy (non-hydrogen) atoms. The summed E-state index contributed by atoms with van der Waals surface area (Å²) in [6, 6.07) is 89.0. The van der Waals surface area contributed by atoms with Gasteiger partial charge in [-0.1, -0.05) is 194 Å². The largest absolute Gasteiger partial charge is 0.456 e. The number of fused-ring (bicyclic) bond motifs is 6. The molecule has 0 saturated carbocycles. The molecular weight excluding hydrogens is 1000 g/mol. The molecule has 0 aliphatic heterocycles. The highest BCUT2D eigenvalue weighted by molar-refractivity contribution is 6.07. The maximum absolute atomic E-state index is 6.18. The number of aromatic nitrogens is 6. The lowest BCUT2D eigenvalue weighted by Gasteiger charge is -2.42. The molecule has 0 spiro atoms. The van der Waals surface area contributed by atoms with Gasteiger partial charge in [0.05, 0.1) is 0 Å². The van der Waals surface area contributed by atoms with Gasteiger partial charge in [0, 0.05) is 66.8 Å². The molecule has 0 radical (unpaired) electrons. The van der Waals surface area contributed by atoms with Crippen LogP contribution in [-0.4, -0.2) is 29.9 Å². The molecular formula is C74H44N6O2. The van der Waals surface area contributed by atoms with Gasteiger partial charge in [0.25, 0.3) is 0 Å². The molecule has 11 aromatic carbocycles. The van der Waals surface area contributed by atoms with E-state index in [0.717, 1.165) is 99.5 Å². The second-order valence-electron chi connectivity index (χ2n) is 21.3. The van der Waals surface area contributed by atoms with Gasteiger partial charge in [0.1, 0.15) is 22.3 Å². The average Bonchev–Trinajstić information content (AvgIpc) is 1.31. The quantitative estimate of drug-likeness (QED) is 0.148. The third-order valence-corrected chi connectivity index (χ3v) is 16.5. The molecule has 2 bridgehead atoms. The van der Waals surface area contributed by atoms with Gasteiger partial charge in [0.2, 0.25) is 0 Å². The van der Waals surface area contributed by atoms with Gasteiger partial charge in [-0.15, -0.1) is 0 Å². The van der Waals surface area contributed by atoms with Gasteiger partial charge in [-0.25, -0.2) is 29.9 Å². The Morgan fingerprint density at radius 2 is 0.500 bits per heavy atom. The van der Waals surface area contributed by atoms with E-state index in [1.54, 1.807) is 0 Å². The first-order valence-electron chi connectivity index (χ1n) is 27.6. The lowest BCUT2D eigenvalue weighted by molar-refractivity contribution is 0.668. The Balaban J connectivity index is 0.754. The summed E-state index contributed by atoms with van der Waals surface area (Å²) >= 11 is 0. The summed E-state index contributed by atoms with van der Waals surface area (Å²) in [5.41, 5.74) is 21.0. The molecule has 2 atom stereocenters. The van der Waals surface area contributed by atoms with Gasteiger partial charge < -0.3 is 8.83 Å². The van der Waals surface area contributed by atoms with Crippen molar-refractivity contribution in [2.24, 2.45) is 0 Å². The van der Waals surface area contributed by atoms with Crippen LogP contribution in [0.4, 0.5) is 0 Å². The molecule has 4 heterocycles. The Morgan fingerprint density at radius 3 is 0.939 bits per heavy atom. The molecule has 0 N–H and O–H groups in total. The first kappa shape index (κ1) is 46.0. The van der Waals surface area contributed by atoms with Gasteiger partial charge in [-0.05, 0) is 116 Å². The van der Waals surface area contributed by atoms with Crippen LogP contribution in [0.3, 0.4) is 0 Å². The van der Waals surface area contributed by atoms with Gasteiger partial charge in [0.15, 0.2) is 34.9 Å². The van der Waals surface area contributed by atoms with Crippen molar-refractivity contribution in [3.05, 3.63) is 288 Å². The van der Waals surface area contributed by atoms with Crippen molar-refractivity contribution < 1.29 is 8.83 Å². The normalized spacial score (nSPS) is 14.1. The summed E-state index contributed by atoms with van der Waals surface area (Å²) in [5.74, 6) is 3.64. The van der Waals surface area contributed by atoms with Crippen molar-refractivity contribution >= 4 is 43.9 Å². The predicted molar refractivity (Wildman–Crippen MR) is 326 cm³/mol. The van der Waals surface area contributed by atoms with Crippen molar-refractivity contribution in [1.29, 1.82) is 0 Å². The summed E-state index contributed by atoms with van der Waals surface area (Å²) < 4.78 is 12.4. The molecule has 0 amide bonds. The highest BCUT2D eigenvalue weighted by Gasteiger charge is 2.41. The zero-order valence-electron chi connectivity index (χ0n) is 43.9. The standard InChI is InChI=1S/C74H44N6O2/c1-3-15-43(16-4-1)69-75-71(49-21-13-19-45(37-49)47-31-35-65-59(39-47)53-23-9-11-27-63(53)81-65)79-73(77-69)51-29-33-57-61(41-51)67-55-25-7-8-26-56(55)68(57)62-42-52(30-34-58(62)67)74-78-70(44-17-5-2-6-18-44)76-72(80-74)50-22-14-20-46(38-50)48-32-36-66-60(40-48)54-24-10-12-28-64(54)82-66/h1-42,67-68H. The molecule has 0 saturated heterocycles. The lowest BCUT2D eigenvalue weighted by atomic mass is 9.61. The van der Waals surface area contributed by atoms with Crippen molar-refractivity contribution in [3.8, 4) is 90.6 Å². The Hall–Kier alpha value is -11.0. The molecule has 8 heteroatoms. The second kappa shape index (κ2) is 18.3. The number of rotatable bonds is 8. The minimum Gasteiger partial charge on any atom is -0.456 e. The van der Waals surface area contributed by atoms with Gasteiger partial charge in [-0.3, -0.25) is 0 Å². The van der Waals surface area contributed by atoms with Crippen LogP contribution in [0.1, 0.15) is 45.2 Å². The number of furan rings is 2. The van der Waals surface area contributed by atoms with Gasteiger partial charge in [-0.2, -0.15) is 0 Å². The van der Waals surface area contributed by atoms with Crippen LogP contribution in [-0.2, 0) is 0 Å². The molecule has 0 fully saturated rings. The van der Waals surface area contributed by atoms with E-state index in [2.05, 4.69) is 194 Å². The molecule has 4 aromatic heterocycles. The van der Waals surface area contributed by atoms with Gasteiger partial charge >= 0.3 is 0 Å². The zero-order valence-corrected chi connectivity index (χ0v) is 43.9. The minimum atomic E-state index is -0.0210. The van der Waals surface area contributed by atoms with E-state index < -0.39 is 0 Å². The maximum atomic E-state index is 6.18. The van der Waals surface area contributed by atoms with Crippen LogP contribution >= 0.6 is 0 Å². The molecule has 382 valence electrons. The van der Waals surface area contributed by atoms with E-state index in [0.29, 0.717) is 34.9 Å². The molecule has 3 aliphatic rings. The number of nitrogens with zero attached hydrogens (tertiary/aromatic N) is 6. The van der Waals surface area contributed by atoms with Crippen molar-refractivity contribution in [3.63, 3.8) is 0 Å². The minimum absolute atomic E-state index is 0.0210. The number of hydrogen-bond acceptors (Lipinski definition) is 8. The third kappa shape index (κ3) is 7.53. The van der Waals surface area contributed by atoms with Crippen LogP contribution in [0.15, 0.2) is 264 Å². The molecule has 15 aromatic rings. The van der Waals surface area contributed by atoms with E-state index in [-0.39, 0.29) is 11.8 Å². The van der Waals surface area contributed by atoms with Crippen molar-refractivity contribution in [2.45, 2.75) is 11.8 Å². The first-order chi connectivity index (χ1) is 40.6. The molecule has 2 unspecified atom stereocenters. The maximum Gasteiger partial charge on any atom is 0.164 e. The molecule has 8 nitrogen and oxygen atoms in total. The van der Waals surface area contributed by atoms with E-state index in [1.807, 2.05) is 60.7 Å². The van der Waals surface area contributed by atoms with E-state index in [9.17, 15) is 0 Å². The summed E-state index contributed by atoms with van der Waals surface area (Å²) in [4.78, 5) is 31.4. The topological polar surface area (TPSA) is 104 Å². The fourth-order valence-electron chi connectivity index (χ4n) is 12.7. The Morgan fingerprint density at radius 1 is 0.195 bits per heavy atom. The van der Waals surface area contributed by atoms with Crippen LogP contribution in [0.25, 0.3) is 134 Å².